The largest absolute Gasteiger partial charge is 0.368 e. The van der Waals surface area contributed by atoms with Crippen LogP contribution in [0.5, 0.6) is 0 Å². The third kappa shape index (κ3) is 8.46. The quantitative estimate of drug-likeness (QED) is 0.178. The normalized spacial score (nSPS) is 14.2. The van der Waals surface area contributed by atoms with Gasteiger partial charge in [-0.3, -0.25) is 19.2 Å². The summed E-state index contributed by atoms with van der Waals surface area (Å²) in [6.45, 7) is 6.61. The van der Waals surface area contributed by atoms with Gasteiger partial charge in [0.1, 0.15) is 18.1 Å². The van der Waals surface area contributed by atoms with E-state index >= 15 is 0 Å². The molecule has 10 heteroatoms. The number of amides is 4. The average Bonchev–Trinajstić information content (AvgIpc) is 3.01. The first-order valence-electron chi connectivity index (χ1n) is 14.2. The topological polar surface area (TPSA) is 156 Å². The molecular weight excluding hydrogens is 562 g/mol. The lowest BCUT2D eigenvalue weighted by molar-refractivity contribution is -0.133. The SMILES string of the molecule is CC(C)[C@H](N)C(=O)N[C@@H](C)C(=O)N[C@@H](C)C(=O)N[C@@H](CSC(c1ccccc1)(c1ccccc1)c1ccccc1)C(N)=O. The molecule has 7 N–H and O–H groups in total. The highest BCUT2D eigenvalue weighted by Crippen LogP contribution is 2.48. The Kier molecular flexibility index (Phi) is 11.9. The maximum absolute atomic E-state index is 13.1. The van der Waals surface area contributed by atoms with Crippen molar-refractivity contribution >= 4 is 35.4 Å². The molecule has 0 aliphatic carbocycles. The Bertz CT molecular complexity index is 1280. The Labute approximate surface area is 257 Å². The van der Waals surface area contributed by atoms with Gasteiger partial charge in [0, 0.05) is 5.75 Å². The van der Waals surface area contributed by atoms with Gasteiger partial charge in [0.15, 0.2) is 0 Å². The van der Waals surface area contributed by atoms with Gasteiger partial charge in [-0.1, -0.05) is 105 Å². The highest BCUT2D eigenvalue weighted by molar-refractivity contribution is 8.00. The van der Waals surface area contributed by atoms with Gasteiger partial charge in [-0.05, 0) is 36.5 Å². The van der Waals surface area contributed by atoms with Crippen LogP contribution in [-0.4, -0.2) is 53.5 Å². The molecule has 0 heterocycles. The summed E-state index contributed by atoms with van der Waals surface area (Å²) < 4.78 is -0.716. The van der Waals surface area contributed by atoms with Crippen molar-refractivity contribution in [1.29, 1.82) is 0 Å². The highest BCUT2D eigenvalue weighted by Gasteiger charge is 2.38. The molecule has 228 valence electrons. The Morgan fingerprint density at radius 2 is 1.02 bits per heavy atom. The number of carbonyl (C=O) groups excluding carboxylic acids is 4. The summed E-state index contributed by atoms with van der Waals surface area (Å²) in [5, 5.41) is 7.85. The first-order chi connectivity index (χ1) is 20.5. The predicted molar refractivity (Wildman–Crippen MR) is 171 cm³/mol. The molecule has 9 nitrogen and oxygen atoms in total. The smallest absolute Gasteiger partial charge is 0.242 e. The Morgan fingerprint density at radius 3 is 1.40 bits per heavy atom. The van der Waals surface area contributed by atoms with Crippen LogP contribution in [0.1, 0.15) is 44.4 Å². The van der Waals surface area contributed by atoms with E-state index in [0.29, 0.717) is 0 Å². The van der Waals surface area contributed by atoms with Crippen LogP contribution in [-0.2, 0) is 23.9 Å². The Hall–Kier alpha value is -4.15. The number of thioether (sulfide) groups is 1. The molecule has 0 saturated carbocycles. The minimum absolute atomic E-state index is 0.104. The van der Waals surface area contributed by atoms with Crippen LogP contribution >= 0.6 is 11.8 Å². The first kappa shape index (κ1) is 33.4. The van der Waals surface area contributed by atoms with Crippen LogP contribution < -0.4 is 27.4 Å². The van der Waals surface area contributed by atoms with Gasteiger partial charge in [-0.15, -0.1) is 11.8 Å². The number of carbonyl (C=O) groups is 4. The number of benzene rings is 3. The highest BCUT2D eigenvalue weighted by atomic mass is 32.2. The second kappa shape index (κ2) is 15.4. The van der Waals surface area contributed by atoms with Gasteiger partial charge in [-0.25, -0.2) is 0 Å². The van der Waals surface area contributed by atoms with Crippen LogP contribution in [0, 0.1) is 5.92 Å². The molecule has 43 heavy (non-hydrogen) atoms. The molecule has 0 aliphatic rings. The van der Waals surface area contributed by atoms with Crippen molar-refractivity contribution in [2.45, 2.75) is 56.6 Å². The minimum Gasteiger partial charge on any atom is -0.368 e. The van der Waals surface area contributed by atoms with Crippen molar-refractivity contribution in [2.24, 2.45) is 17.4 Å². The Morgan fingerprint density at radius 1 is 0.651 bits per heavy atom. The van der Waals surface area contributed by atoms with E-state index in [1.54, 1.807) is 13.8 Å². The van der Waals surface area contributed by atoms with Crippen LogP contribution in [0.25, 0.3) is 0 Å². The molecule has 3 aromatic rings. The number of hydrogen-bond acceptors (Lipinski definition) is 6. The molecule has 4 atom stereocenters. The monoisotopic (exact) mass is 603 g/mol. The zero-order valence-electron chi connectivity index (χ0n) is 25.0. The molecule has 3 rings (SSSR count). The van der Waals surface area contributed by atoms with Crippen LogP contribution in [0.3, 0.4) is 0 Å². The van der Waals surface area contributed by atoms with E-state index in [-0.39, 0.29) is 11.7 Å². The lowest BCUT2D eigenvalue weighted by Gasteiger charge is -2.36. The third-order valence-electron chi connectivity index (χ3n) is 7.19. The van der Waals surface area contributed by atoms with Crippen molar-refractivity contribution in [2.75, 3.05) is 5.75 Å². The van der Waals surface area contributed by atoms with E-state index < -0.39 is 52.5 Å². The number of primary amides is 1. The van der Waals surface area contributed by atoms with E-state index in [1.165, 1.54) is 25.6 Å². The predicted octanol–water partition coefficient (Wildman–Crippen LogP) is 2.67. The average molecular weight is 604 g/mol. The van der Waals surface area contributed by atoms with Crippen LogP contribution in [0.2, 0.25) is 0 Å². The van der Waals surface area contributed by atoms with E-state index in [9.17, 15) is 19.2 Å². The molecule has 0 aromatic heterocycles. The fourth-order valence-electron chi connectivity index (χ4n) is 4.55. The number of nitrogens with one attached hydrogen (secondary N) is 3. The maximum Gasteiger partial charge on any atom is 0.242 e. The number of rotatable bonds is 14. The van der Waals surface area contributed by atoms with Gasteiger partial charge >= 0.3 is 0 Å². The van der Waals surface area contributed by atoms with Gasteiger partial charge < -0.3 is 27.4 Å². The molecule has 0 spiro atoms. The fraction of sp³-hybridized carbons (Fsp3) is 0.333. The van der Waals surface area contributed by atoms with E-state index in [4.69, 9.17) is 11.5 Å². The molecule has 0 radical (unpaired) electrons. The zero-order valence-corrected chi connectivity index (χ0v) is 25.8. The standard InChI is InChI=1S/C33H41N5O4S/c1-21(2)28(34)32(42)37-22(3)30(40)36-23(4)31(41)38-27(29(35)39)20-43-33(24-14-8-5-9-15-24,25-16-10-6-11-17-25)26-18-12-7-13-19-26/h5-19,21-23,27-28H,20,34H2,1-4H3,(H2,35,39)(H,36,40)(H,37,42)(H,38,41)/t22-,23-,27-,28-/m0/s1. The van der Waals surface area contributed by atoms with Crippen molar-refractivity contribution in [3.8, 4) is 0 Å². The first-order valence-corrected chi connectivity index (χ1v) is 15.2. The molecule has 0 bridgehead atoms. The fourth-order valence-corrected chi connectivity index (χ4v) is 6.12. The third-order valence-corrected chi connectivity index (χ3v) is 8.83. The van der Waals surface area contributed by atoms with E-state index in [0.717, 1.165) is 16.7 Å². The van der Waals surface area contributed by atoms with E-state index in [1.807, 2.05) is 91.0 Å². The molecule has 0 aliphatic heterocycles. The summed E-state index contributed by atoms with van der Waals surface area (Å²) in [6, 6.07) is 26.2. The van der Waals surface area contributed by atoms with E-state index in [2.05, 4.69) is 16.0 Å². The maximum atomic E-state index is 13.1. The zero-order chi connectivity index (χ0) is 31.6. The van der Waals surface area contributed by atoms with Gasteiger partial charge in [0.25, 0.3) is 0 Å². The van der Waals surface area contributed by atoms with Crippen molar-refractivity contribution < 1.29 is 19.2 Å². The lowest BCUT2D eigenvalue weighted by atomic mass is 9.84. The summed E-state index contributed by atoms with van der Waals surface area (Å²) in [6.07, 6.45) is 0. The Balaban J connectivity index is 1.80. The summed E-state index contributed by atoms with van der Waals surface area (Å²) in [5.74, 6) is -2.26. The van der Waals surface area contributed by atoms with Crippen LogP contribution in [0.15, 0.2) is 91.0 Å². The summed E-state index contributed by atoms with van der Waals surface area (Å²) in [7, 11) is 0. The van der Waals surface area contributed by atoms with Gasteiger partial charge in [0.2, 0.25) is 23.6 Å². The second-order valence-electron chi connectivity index (χ2n) is 10.8. The van der Waals surface area contributed by atoms with Gasteiger partial charge in [0.05, 0.1) is 10.8 Å². The second-order valence-corrected chi connectivity index (χ2v) is 12.0. The molecule has 4 amide bonds. The number of nitrogens with two attached hydrogens (primary N) is 2. The van der Waals surface area contributed by atoms with Crippen molar-refractivity contribution in [1.82, 2.24) is 16.0 Å². The number of hydrogen-bond donors (Lipinski definition) is 5. The molecule has 0 saturated heterocycles. The molecule has 0 unspecified atom stereocenters. The summed E-state index contributed by atoms with van der Waals surface area (Å²) in [4.78, 5) is 50.7. The molecular formula is C33H41N5O4S. The minimum atomic E-state index is -1.03. The molecule has 0 fully saturated rings. The van der Waals surface area contributed by atoms with Crippen molar-refractivity contribution in [3.05, 3.63) is 108 Å². The van der Waals surface area contributed by atoms with Gasteiger partial charge in [-0.2, -0.15) is 0 Å². The van der Waals surface area contributed by atoms with Crippen molar-refractivity contribution in [3.63, 3.8) is 0 Å². The lowest BCUT2D eigenvalue weighted by Crippen LogP contribution is -2.56. The summed E-state index contributed by atoms with van der Waals surface area (Å²) in [5.41, 5.74) is 14.6. The van der Waals surface area contributed by atoms with Crippen LogP contribution in [0.4, 0.5) is 0 Å². The summed E-state index contributed by atoms with van der Waals surface area (Å²) >= 11 is 1.49. The molecule has 3 aromatic carbocycles.